The normalized spacial score (nSPS) is 15.2. The topological polar surface area (TPSA) is 73.4 Å². The molecule has 20 heavy (non-hydrogen) atoms. The lowest BCUT2D eigenvalue weighted by molar-refractivity contribution is -0.393. The van der Waals surface area contributed by atoms with Crippen molar-refractivity contribution in [3.8, 4) is 5.75 Å². The molecule has 0 saturated heterocycles. The Hall–Kier alpha value is -2.41. The summed E-state index contributed by atoms with van der Waals surface area (Å²) in [5.74, 6) is 0.883. The van der Waals surface area contributed by atoms with E-state index in [1.54, 1.807) is 0 Å². The Balaban J connectivity index is 1.78. The lowest BCUT2D eigenvalue weighted by Gasteiger charge is -2.16. The molecule has 0 bridgehead atoms. The Kier molecular flexibility index (Phi) is 3.34. The Labute approximate surface area is 115 Å². The van der Waals surface area contributed by atoms with Crippen molar-refractivity contribution < 1.29 is 9.66 Å². The van der Waals surface area contributed by atoms with Crippen LogP contribution in [0.3, 0.4) is 0 Å². The number of nitrogens with zero attached hydrogens (tertiary/aromatic N) is 4. The van der Waals surface area contributed by atoms with Gasteiger partial charge < -0.3 is 14.9 Å². The Morgan fingerprint density at radius 2 is 2.20 bits per heavy atom. The van der Waals surface area contributed by atoms with Gasteiger partial charge in [-0.15, -0.1) is 4.68 Å². The zero-order valence-electron chi connectivity index (χ0n) is 10.8. The van der Waals surface area contributed by atoms with Crippen LogP contribution >= 0.6 is 0 Å². The van der Waals surface area contributed by atoms with Crippen LogP contribution in [0.4, 0.5) is 5.82 Å². The van der Waals surface area contributed by atoms with Gasteiger partial charge in [0.05, 0.1) is 12.3 Å². The maximum atomic E-state index is 10.9. The van der Waals surface area contributed by atoms with Crippen LogP contribution in [0.1, 0.15) is 5.56 Å². The number of ether oxygens (including phenoxy) is 1. The van der Waals surface area contributed by atoms with Crippen LogP contribution in [0.25, 0.3) is 0 Å². The predicted molar refractivity (Wildman–Crippen MR) is 71.2 cm³/mol. The fourth-order valence-corrected chi connectivity index (χ4v) is 2.28. The molecule has 7 heteroatoms. The summed E-state index contributed by atoms with van der Waals surface area (Å²) in [6, 6.07) is 9.25. The van der Waals surface area contributed by atoms with Crippen molar-refractivity contribution >= 4 is 5.82 Å². The van der Waals surface area contributed by atoms with Crippen molar-refractivity contribution in [2.45, 2.75) is 13.2 Å². The van der Waals surface area contributed by atoms with Crippen LogP contribution in [0.5, 0.6) is 5.75 Å². The fraction of sp³-hybridized carbons (Fsp3) is 0.308. The van der Waals surface area contributed by atoms with Crippen LogP contribution in [-0.4, -0.2) is 32.8 Å². The molecule has 0 unspecified atom stereocenters. The van der Waals surface area contributed by atoms with E-state index in [9.17, 15) is 10.1 Å². The van der Waals surface area contributed by atoms with Gasteiger partial charge in [0.15, 0.2) is 6.67 Å². The maximum absolute atomic E-state index is 10.9. The molecule has 3 rings (SSSR count). The van der Waals surface area contributed by atoms with Gasteiger partial charge in [-0.25, -0.2) is 0 Å². The van der Waals surface area contributed by atoms with Gasteiger partial charge in [-0.3, -0.25) is 4.90 Å². The number of hydrogen-bond donors (Lipinski definition) is 0. The Morgan fingerprint density at radius 3 is 3.05 bits per heavy atom. The first-order valence-corrected chi connectivity index (χ1v) is 6.33. The van der Waals surface area contributed by atoms with Gasteiger partial charge in [0, 0.05) is 18.7 Å². The van der Waals surface area contributed by atoms with Crippen molar-refractivity contribution in [1.29, 1.82) is 0 Å². The second-order valence-electron chi connectivity index (χ2n) is 4.60. The third kappa shape index (κ3) is 2.48. The van der Waals surface area contributed by atoms with Crippen molar-refractivity contribution in [3.05, 3.63) is 52.2 Å². The summed E-state index contributed by atoms with van der Waals surface area (Å²) in [4.78, 5) is 12.5. The summed E-state index contributed by atoms with van der Waals surface area (Å²) in [5, 5.41) is 14.9. The van der Waals surface area contributed by atoms with E-state index in [0.29, 0.717) is 26.4 Å². The minimum Gasteiger partial charge on any atom is -0.492 e. The van der Waals surface area contributed by atoms with Gasteiger partial charge in [-0.2, -0.15) is 0 Å². The number of rotatable bonds is 3. The number of benzene rings is 1. The molecule has 0 spiro atoms. The summed E-state index contributed by atoms with van der Waals surface area (Å²) in [6.45, 7) is 2.33. The standard InChI is InChI=1S/C13H14N4O3/c18-17(19)13-5-6-14-16(13)10-15-7-8-20-12-4-2-1-3-11(12)9-15/h1-6H,7-10H2. The highest BCUT2D eigenvalue weighted by molar-refractivity contribution is 5.33. The van der Waals surface area contributed by atoms with Gasteiger partial charge in [-0.1, -0.05) is 23.3 Å². The average Bonchev–Trinajstić information content (AvgIpc) is 2.79. The van der Waals surface area contributed by atoms with E-state index in [1.165, 1.54) is 16.9 Å². The van der Waals surface area contributed by atoms with Crippen LogP contribution in [0.15, 0.2) is 36.5 Å². The lowest BCUT2D eigenvalue weighted by Crippen LogP contribution is -2.29. The minimum absolute atomic E-state index is 0.00319. The smallest absolute Gasteiger partial charge is 0.346 e. The minimum atomic E-state index is -0.421. The molecule has 0 amide bonds. The van der Waals surface area contributed by atoms with E-state index >= 15 is 0 Å². The third-order valence-corrected chi connectivity index (χ3v) is 3.25. The highest BCUT2D eigenvalue weighted by Crippen LogP contribution is 2.23. The lowest BCUT2D eigenvalue weighted by atomic mass is 10.2. The van der Waals surface area contributed by atoms with Crippen molar-refractivity contribution in [3.63, 3.8) is 0 Å². The molecule has 1 aromatic carbocycles. The molecular formula is C13H14N4O3. The molecule has 1 aliphatic heterocycles. The molecular weight excluding hydrogens is 260 g/mol. The highest BCUT2D eigenvalue weighted by atomic mass is 16.6. The third-order valence-electron chi connectivity index (χ3n) is 3.25. The van der Waals surface area contributed by atoms with E-state index in [4.69, 9.17) is 4.74 Å². The first-order valence-electron chi connectivity index (χ1n) is 6.33. The molecule has 0 fully saturated rings. The van der Waals surface area contributed by atoms with Crippen LogP contribution in [0, 0.1) is 10.1 Å². The van der Waals surface area contributed by atoms with Crippen molar-refractivity contribution in [1.82, 2.24) is 14.7 Å². The summed E-state index contributed by atoms with van der Waals surface area (Å²) in [5.41, 5.74) is 1.08. The van der Waals surface area contributed by atoms with Crippen LogP contribution in [-0.2, 0) is 13.2 Å². The summed E-state index contributed by atoms with van der Waals surface area (Å²) >= 11 is 0. The van der Waals surface area contributed by atoms with E-state index < -0.39 is 4.92 Å². The second-order valence-corrected chi connectivity index (χ2v) is 4.60. The Morgan fingerprint density at radius 1 is 1.35 bits per heavy atom. The predicted octanol–water partition coefficient (Wildman–Crippen LogP) is 1.64. The van der Waals surface area contributed by atoms with Gasteiger partial charge in [0.25, 0.3) is 0 Å². The largest absolute Gasteiger partial charge is 0.492 e. The molecule has 0 N–H and O–H groups in total. The van der Waals surface area contributed by atoms with Gasteiger partial charge in [-0.05, 0) is 11.0 Å². The summed E-state index contributed by atoms with van der Waals surface area (Å²) < 4.78 is 7.07. The second kappa shape index (κ2) is 5.30. The molecule has 7 nitrogen and oxygen atoms in total. The molecule has 104 valence electrons. The van der Waals surface area contributed by atoms with Crippen LogP contribution in [0.2, 0.25) is 0 Å². The number of para-hydroxylation sites is 1. The van der Waals surface area contributed by atoms with Crippen molar-refractivity contribution in [2.24, 2.45) is 0 Å². The SMILES string of the molecule is O=[N+]([O-])c1ccnn1CN1CCOc2ccccc2C1. The molecule has 0 radical (unpaired) electrons. The molecule has 1 aliphatic rings. The number of aromatic nitrogens is 2. The molecule has 0 aliphatic carbocycles. The van der Waals surface area contributed by atoms with Crippen molar-refractivity contribution in [2.75, 3.05) is 13.2 Å². The van der Waals surface area contributed by atoms with E-state index in [-0.39, 0.29) is 5.82 Å². The first kappa shape index (κ1) is 12.6. The molecule has 0 saturated carbocycles. The first-order chi connectivity index (χ1) is 9.74. The van der Waals surface area contributed by atoms with E-state index in [1.807, 2.05) is 24.3 Å². The number of fused-ring (bicyclic) bond motifs is 1. The Bertz CT molecular complexity index is 626. The molecule has 1 aromatic heterocycles. The highest BCUT2D eigenvalue weighted by Gasteiger charge is 2.20. The number of hydrogen-bond acceptors (Lipinski definition) is 5. The maximum Gasteiger partial charge on any atom is 0.346 e. The van der Waals surface area contributed by atoms with Gasteiger partial charge in [0.1, 0.15) is 12.4 Å². The van der Waals surface area contributed by atoms with Gasteiger partial charge >= 0.3 is 5.82 Å². The van der Waals surface area contributed by atoms with E-state index in [2.05, 4.69) is 10.00 Å². The summed E-state index contributed by atoms with van der Waals surface area (Å²) in [6.07, 6.45) is 1.44. The molecule has 2 aromatic rings. The zero-order chi connectivity index (χ0) is 13.9. The fourth-order valence-electron chi connectivity index (χ4n) is 2.28. The monoisotopic (exact) mass is 274 g/mol. The summed E-state index contributed by atoms with van der Waals surface area (Å²) in [7, 11) is 0. The average molecular weight is 274 g/mol. The number of nitro groups is 1. The van der Waals surface area contributed by atoms with E-state index in [0.717, 1.165) is 11.3 Å². The van der Waals surface area contributed by atoms with Crippen LogP contribution < -0.4 is 4.74 Å². The zero-order valence-corrected chi connectivity index (χ0v) is 10.8. The quantitative estimate of drug-likeness (QED) is 0.628. The van der Waals surface area contributed by atoms with Gasteiger partial charge in [0.2, 0.25) is 0 Å². The molecule has 0 atom stereocenters. The molecule has 2 heterocycles.